The molecule has 1 amide bonds. The van der Waals surface area contributed by atoms with Gasteiger partial charge in [-0.3, -0.25) is 9.63 Å². The van der Waals surface area contributed by atoms with Gasteiger partial charge < -0.3 is 4.74 Å². The molecule has 1 aromatic carbocycles. The number of benzene rings is 1. The van der Waals surface area contributed by atoms with Gasteiger partial charge in [0.05, 0.1) is 12.7 Å². The molecule has 0 fully saturated rings. The van der Waals surface area contributed by atoms with Crippen LogP contribution in [0.15, 0.2) is 18.2 Å². The highest BCUT2D eigenvalue weighted by molar-refractivity contribution is 5.96. The highest BCUT2D eigenvalue weighted by Gasteiger charge is 2.20. The molecule has 4 nitrogen and oxygen atoms in total. The van der Waals surface area contributed by atoms with Crippen molar-refractivity contribution in [2.24, 2.45) is 0 Å². The van der Waals surface area contributed by atoms with Crippen molar-refractivity contribution in [3.05, 3.63) is 29.6 Å². The Kier molecular flexibility index (Phi) is 4.07. The predicted octanol–water partition coefficient (Wildman–Crippen LogP) is 2.29. The maximum absolute atomic E-state index is 13.5. The Hall–Kier alpha value is -1.62. The summed E-state index contributed by atoms with van der Waals surface area (Å²) in [5.41, 5.74) is 1.48. The normalized spacial score (nSPS) is 11.1. The van der Waals surface area contributed by atoms with Gasteiger partial charge in [0, 0.05) is 0 Å². The smallest absolute Gasteiger partial charge is 0.281 e. The number of methoxy groups -OCH3 is 1. The summed E-state index contributed by atoms with van der Waals surface area (Å²) in [4.78, 5) is 16.8. The number of ether oxygens (including phenoxy) is 1. The van der Waals surface area contributed by atoms with E-state index in [9.17, 15) is 9.18 Å². The molecule has 0 bridgehead atoms. The van der Waals surface area contributed by atoms with Crippen LogP contribution in [-0.2, 0) is 4.84 Å². The summed E-state index contributed by atoms with van der Waals surface area (Å²) in [5.74, 6) is -1.16. The summed E-state index contributed by atoms with van der Waals surface area (Å²) in [6.45, 7) is 5.31. The molecule has 94 valence electrons. The predicted molar refractivity (Wildman–Crippen MR) is 61.3 cm³/mol. The molecule has 0 saturated carbocycles. The van der Waals surface area contributed by atoms with Crippen LogP contribution >= 0.6 is 0 Å². The van der Waals surface area contributed by atoms with E-state index in [-0.39, 0.29) is 11.3 Å². The third kappa shape index (κ3) is 3.71. The second kappa shape index (κ2) is 5.14. The average Bonchev–Trinajstić information content (AvgIpc) is 2.24. The van der Waals surface area contributed by atoms with Gasteiger partial charge >= 0.3 is 0 Å². The van der Waals surface area contributed by atoms with E-state index in [4.69, 9.17) is 9.57 Å². The summed E-state index contributed by atoms with van der Waals surface area (Å²) >= 11 is 0. The molecule has 0 radical (unpaired) electrons. The fraction of sp³-hybridized carbons (Fsp3) is 0.417. The molecule has 0 atom stereocenters. The van der Waals surface area contributed by atoms with E-state index >= 15 is 0 Å². The molecule has 0 aliphatic heterocycles. The molecule has 0 aromatic heterocycles. The average molecular weight is 241 g/mol. The molecule has 5 heteroatoms. The molecule has 0 saturated heterocycles. The summed E-state index contributed by atoms with van der Waals surface area (Å²) in [6, 6.07) is 4.17. The molecule has 0 unspecified atom stereocenters. The van der Waals surface area contributed by atoms with Gasteiger partial charge in [-0.1, -0.05) is 6.07 Å². The van der Waals surface area contributed by atoms with E-state index in [1.54, 1.807) is 20.8 Å². The molecule has 1 N–H and O–H groups in total. The zero-order chi connectivity index (χ0) is 13.1. The fourth-order valence-electron chi connectivity index (χ4n) is 1.15. The minimum atomic E-state index is -0.671. The van der Waals surface area contributed by atoms with Crippen LogP contribution in [0.4, 0.5) is 4.39 Å². The van der Waals surface area contributed by atoms with Gasteiger partial charge in [0.1, 0.15) is 17.1 Å². The number of amides is 1. The van der Waals surface area contributed by atoms with Crippen LogP contribution in [0.25, 0.3) is 0 Å². The van der Waals surface area contributed by atoms with Crippen molar-refractivity contribution in [3.8, 4) is 5.75 Å². The Bertz CT molecular complexity index is 413. The quantitative estimate of drug-likeness (QED) is 0.826. The van der Waals surface area contributed by atoms with Gasteiger partial charge in [-0.2, -0.15) is 0 Å². The maximum atomic E-state index is 13.5. The van der Waals surface area contributed by atoms with Crippen molar-refractivity contribution in [1.29, 1.82) is 0 Å². The molecule has 0 heterocycles. The van der Waals surface area contributed by atoms with E-state index in [0.29, 0.717) is 0 Å². The molecule has 17 heavy (non-hydrogen) atoms. The van der Waals surface area contributed by atoms with Crippen molar-refractivity contribution in [2.75, 3.05) is 7.11 Å². The van der Waals surface area contributed by atoms with Gasteiger partial charge in [0.15, 0.2) is 0 Å². The first-order valence-electron chi connectivity index (χ1n) is 5.16. The molecule has 1 rings (SSSR count). The van der Waals surface area contributed by atoms with E-state index in [2.05, 4.69) is 5.48 Å². The van der Waals surface area contributed by atoms with Gasteiger partial charge in [-0.25, -0.2) is 9.87 Å². The van der Waals surface area contributed by atoms with Crippen LogP contribution in [-0.4, -0.2) is 18.6 Å². The summed E-state index contributed by atoms with van der Waals surface area (Å²) in [6.07, 6.45) is 0. The van der Waals surface area contributed by atoms with Gasteiger partial charge in [-0.15, -0.1) is 0 Å². The minimum Gasteiger partial charge on any atom is -0.496 e. The lowest BCUT2D eigenvalue weighted by molar-refractivity contribution is -0.0592. The second-order valence-electron chi connectivity index (χ2n) is 4.46. The zero-order valence-electron chi connectivity index (χ0n) is 10.3. The first-order valence-corrected chi connectivity index (χ1v) is 5.16. The number of hydroxylamine groups is 1. The van der Waals surface area contributed by atoms with Crippen LogP contribution < -0.4 is 10.2 Å². The van der Waals surface area contributed by atoms with Crippen molar-refractivity contribution in [1.82, 2.24) is 5.48 Å². The molecule has 0 aliphatic carbocycles. The first kappa shape index (κ1) is 13.4. The number of rotatable bonds is 3. The van der Waals surface area contributed by atoms with E-state index in [1.165, 1.54) is 25.3 Å². The van der Waals surface area contributed by atoms with Gasteiger partial charge in [0.25, 0.3) is 5.91 Å². The molecule has 0 aliphatic rings. The highest BCUT2D eigenvalue weighted by atomic mass is 19.1. The molecule has 1 aromatic rings. The number of hydrogen-bond donors (Lipinski definition) is 1. The third-order valence-electron chi connectivity index (χ3n) is 1.87. The number of halogens is 1. The lowest BCUT2D eigenvalue weighted by Crippen LogP contribution is -2.34. The number of carbonyl (C=O) groups is 1. The fourth-order valence-corrected chi connectivity index (χ4v) is 1.15. The largest absolute Gasteiger partial charge is 0.496 e. The van der Waals surface area contributed by atoms with Crippen molar-refractivity contribution in [3.63, 3.8) is 0 Å². The lowest BCUT2D eigenvalue weighted by Gasteiger charge is -2.19. The van der Waals surface area contributed by atoms with Crippen LogP contribution in [0.1, 0.15) is 31.1 Å². The topological polar surface area (TPSA) is 47.6 Å². The van der Waals surface area contributed by atoms with Gasteiger partial charge in [0.2, 0.25) is 0 Å². The van der Waals surface area contributed by atoms with Crippen molar-refractivity contribution < 1.29 is 18.8 Å². The van der Waals surface area contributed by atoms with Crippen LogP contribution in [0.5, 0.6) is 5.75 Å². The van der Waals surface area contributed by atoms with E-state index < -0.39 is 17.3 Å². The van der Waals surface area contributed by atoms with Crippen molar-refractivity contribution in [2.45, 2.75) is 26.4 Å². The van der Waals surface area contributed by atoms with Gasteiger partial charge in [-0.05, 0) is 32.9 Å². The number of nitrogens with one attached hydrogen (secondary N) is 1. The molecular weight excluding hydrogens is 225 g/mol. The number of hydrogen-bond acceptors (Lipinski definition) is 3. The monoisotopic (exact) mass is 241 g/mol. The van der Waals surface area contributed by atoms with Crippen LogP contribution in [0.2, 0.25) is 0 Å². The maximum Gasteiger partial charge on any atom is 0.281 e. The van der Waals surface area contributed by atoms with E-state index in [0.717, 1.165) is 0 Å². The van der Waals surface area contributed by atoms with Crippen molar-refractivity contribution >= 4 is 5.91 Å². The standard InChI is InChI=1S/C12H16FNO3/c1-12(2,3)17-14-11(15)10-8(13)6-5-7-9(10)16-4/h5-7H,1-4H3,(H,14,15). The molecular formula is C12H16FNO3. The second-order valence-corrected chi connectivity index (χ2v) is 4.46. The highest BCUT2D eigenvalue weighted by Crippen LogP contribution is 2.21. The van der Waals surface area contributed by atoms with Crippen LogP contribution in [0.3, 0.4) is 0 Å². The Labute approximate surface area is 99.7 Å². The summed E-state index contributed by atoms with van der Waals surface area (Å²) in [5, 5.41) is 0. The lowest BCUT2D eigenvalue weighted by atomic mass is 10.2. The Morgan fingerprint density at radius 1 is 1.35 bits per heavy atom. The SMILES string of the molecule is COc1cccc(F)c1C(=O)NOC(C)(C)C. The first-order chi connectivity index (χ1) is 7.85. The Morgan fingerprint density at radius 3 is 2.53 bits per heavy atom. The zero-order valence-corrected chi connectivity index (χ0v) is 10.3. The minimum absolute atomic E-state index is 0.167. The van der Waals surface area contributed by atoms with E-state index in [1.807, 2.05) is 0 Å². The number of carbonyl (C=O) groups excluding carboxylic acids is 1. The third-order valence-corrected chi connectivity index (χ3v) is 1.87. The Balaban J connectivity index is 2.89. The summed E-state index contributed by atoms with van der Waals surface area (Å²) in [7, 11) is 1.37. The van der Waals surface area contributed by atoms with Crippen LogP contribution in [0, 0.1) is 5.82 Å². The Morgan fingerprint density at radius 2 is 2.00 bits per heavy atom. The summed E-state index contributed by atoms with van der Waals surface area (Å²) < 4.78 is 18.4. The molecule has 0 spiro atoms.